The summed E-state index contributed by atoms with van der Waals surface area (Å²) in [7, 11) is 0. The van der Waals surface area contributed by atoms with E-state index in [-0.39, 0.29) is 62.3 Å². The van der Waals surface area contributed by atoms with Crippen LogP contribution in [0.15, 0.2) is 30.3 Å². The van der Waals surface area contributed by atoms with Crippen LogP contribution in [0.2, 0.25) is 0 Å². The third kappa shape index (κ3) is 6.29. The second kappa shape index (κ2) is 13.1. The highest BCUT2D eigenvalue weighted by atomic mass is 19.1. The number of ether oxygens (including phenoxy) is 2. The fourth-order valence-corrected chi connectivity index (χ4v) is 5.90. The summed E-state index contributed by atoms with van der Waals surface area (Å²) in [4.78, 5) is 30.9. The number of carbonyl (C=O) groups excluding carboxylic acids is 2. The molecule has 9 heteroatoms. The van der Waals surface area contributed by atoms with Crippen molar-refractivity contribution in [1.29, 1.82) is 0 Å². The predicted octanol–water partition coefficient (Wildman–Crippen LogP) is 5.29. The van der Waals surface area contributed by atoms with Gasteiger partial charge in [0.25, 0.3) is 5.91 Å². The molecular weight excluding hydrogens is 551 g/mol. The molecule has 1 aliphatic heterocycles. The fraction of sp³-hybridized carbons (Fsp3) is 0.529. The van der Waals surface area contributed by atoms with Crippen LogP contribution in [-0.4, -0.2) is 77.8 Å². The summed E-state index contributed by atoms with van der Waals surface area (Å²) in [6.07, 6.45) is 4.16. The van der Waals surface area contributed by atoms with Gasteiger partial charge in [0.05, 0.1) is 38.5 Å². The minimum absolute atomic E-state index is 0.00606. The smallest absolute Gasteiger partial charge is 0.254 e. The van der Waals surface area contributed by atoms with Crippen LogP contribution in [0.3, 0.4) is 0 Å². The normalized spacial score (nSPS) is 16.0. The van der Waals surface area contributed by atoms with E-state index in [1.807, 2.05) is 57.7 Å². The average Bonchev–Trinajstić information content (AvgIpc) is 3.73. The van der Waals surface area contributed by atoms with E-state index in [9.17, 15) is 19.8 Å². The monoisotopic (exact) mass is 596 g/mol. The van der Waals surface area contributed by atoms with Crippen molar-refractivity contribution in [2.75, 3.05) is 46.1 Å². The number of aliphatic hydroxyl groups excluding tert-OH is 2. The van der Waals surface area contributed by atoms with Gasteiger partial charge in [-0.15, -0.1) is 0 Å². The Morgan fingerprint density at radius 2 is 1.63 bits per heavy atom. The average molecular weight is 597 g/mol. The maximum absolute atomic E-state index is 16.2. The van der Waals surface area contributed by atoms with Gasteiger partial charge in [0.1, 0.15) is 0 Å². The van der Waals surface area contributed by atoms with E-state index >= 15 is 4.39 Å². The van der Waals surface area contributed by atoms with Crippen molar-refractivity contribution < 1.29 is 33.7 Å². The highest BCUT2D eigenvalue weighted by molar-refractivity contribution is 6.02. The predicted molar refractivity (Wildman–Crippen MR) is 164 cm³/mol. The molecule has 1 amide bonds. The van der Waals surface area contributed by atoms with Gasteiger partial charge in [-0.3, -0.25) is 9.59 Å². The summed E-state index contributed by atoms with van der Waals surface area (Å²) in [5, 5.41) is 18.9. The number of nitrogens with zero attached hydrogens (tertiary/aromatic N) is 2. The Morgan fingerprint density at radius 1 is 1.00 bits per heavy atom. The van der Waals surface area contributed by atoms with Crippen molar-refractivity contribution in [2.24, 2.45) is 0 Å². The molecule has 1 saturated carbocycles. The van der Waals surface area contributed by atoms with Crippen molar-refractivity contribution >= 4 is 17.4 Å². The lowest BCUT2D eigenvalue weighted by Crippen LogP contribution is -2.36. The molecule has 0 unspecified atom stereocenters. The number of hydrogen-bond donors (Lipinski definition) is 2. The highest BCUT2D eigenvalue weighted by Crippen LogP contribution is 2.62. The lowest BCUT2D eigenvalue weighted by Gasteiger charge is -2.29. The number of halogens is 1. The maximum atomic E-state index is 16.2. The Hall–Kier alpha value is -3.43. The zero-order chi connectivity index (χ0) is 31.5. The number of Topliss-reactive ketones (excluding diaryl/α,β-unsaturated/α-hetero) is 1. The largest absolute Gasteiger partial charge is 0.490 e. The number of fused-ring (bicyclic) bond motifs is 2. The molecule has 2 aliphatic rings. The van der Waals surface area contributed by atoms with Crippen LogP contribution < -0.4 is 9.47 Å². The zero-order valence-corrected chi connectivity index (χ0v) is 26.3. The molecule has 234 valence electrons. The molecule has 4 rings (SSSR count). The third-order valence-corrected chi connectivity index (χ3v) is 8.16. The van der Waals surface area contributed by atoms with E-state index in [0.717, 1.165) is 24.0 Å². The van der Waals surface area contributed by atoms with Crippen LogP contribution in [-0.2, 0) is 11.0 Å². The minimum Gasteiger partial charge on any atom is -0.490 e. The molecule has 8 nitrogen and oxygen atoms in total. The minimum atomic E-state index is -0.511. The molecule has 0 bridgehead atoms. The first-order valence-corrected chi connectivity index (χ1v) is 15.3. The van der Waals surface area contributed by atoms with E-state index in [4.69, 9.17) is 9.47 Å². The molecular formula is C34H45FN2O6. The van der Waals surface area contributed by atoms with E-state index in [0.29, 0.717) is 41.2 Å². The van der Waals surface area contributed by atoms with Gasteiger partial charge in [-0.25, -0.2) is 4.39 Å². The van der Waals surface area contributed by atoms with E-state index in [1.54, 1.807) is 19.1 Å². The molecule has 0 atom stereocenters. The van der Waals surface area contributed by atoms with Gasteiger partial charge in [0.15, 0.2) is 23.1 Å². The van der Waals surface area contributed by atoms with Crippen molar-refractivity contribution in [3.63, 3.8) is 0 Å². The molecule has 1 aliphatic carbocycles. The zero-order valence-electron chi connectivity index (χ0n) is 26.3. The second-order valence-electron chi connectivity index (χ2n) is 12.1. The van der Waals surface area contributed by atoms with Gasteiger partial charge in [-0.05, 0) is 73.9 Å². The molecule has 1 spiro atoms. The SMILES string of the molecule is CCC=C1c2c(cc(OCC)c(OCC)c2F)C2(CC2)N1CC(=O)c1cc(C(=O)N(CCO)CCO)cc(C(C)(C)C)c1. The number of allylic oxidation sites excluding steroid dienone is 1. The standard InChI is InChI=1S/C34H45FN2O6/c1-7-10-26-29-25(20-28(42-8-2)31(30(29)35)43-9-3)34(11-12-34)37(26)21-27(40)22-17-23(19-24(18-22)33(4,5)6)32(41)36(13-15-38)14-16-39/h10,17-20,38-39H,7-9,11-16,21H2,1-6H3. The number of ketones is 1. The summed E-state index contributed by atoms with van der Waals surface area (Å²) < 4.78 is 27.7. The van der Waals surface area contributed by atoms with Gasteiger partial charge in [-0.1, -0.05) is 33.8 Å². The maximum Gasteiger partial charge on any atom is 0.254 e. The van der Waals surface area contributed by atoms with Crippen molar-refractivity contribution in [1.82, 2.24) is 9.80 Å². The number of rotatable bonds is 13. The molecule has 2 aromatic carbocycles. The van der Waals surface area contributed by atoms with Gasteiger partial charge < -0.3 is 29.5 Å². The number of aliphatic hydroxyl groups is 2. The number of amides is 1. The van der Waals surface area contributed by atoms with E-state index in [2.05, 4.69) is 0 Å². The van der Waals surface area contributed by atoms with Crippen molar-refractivity contribution in [3.05, 3.63) is 64.0 Å². The lowest BCUT2D eigenvalue weighted by atomic mass is 9.84. The summed E-state index contributed by atoms with van der Waals surface area (Å²) >= 11 is 0. The highest BCUT2D eigenvalue weighted by Gasteiger charge is 2.58. The first-order chi connectivity index (χ1) is 20.5. The van der Waals surface area contributed by atoms with Crippen LogP contribution in [0.5, 0.6) is 11.5 Å². The first kappa shape index (κ1) is 32.5. The van der Waals surface area contributed by atoms with Crippen LogP contribution in [0.1, 0.15) is 98.2 Å². The summed E-state index contributed by atoms with van der Waals surface area (Å²) in [5.74, 6) is -0.569. The van der Waals surface area contributed by atoms with Gasteiger partial charge in [0.2, 0.25) is 0 Å². The molecule has 1 heterocycles. The van der Waals surface area contributed by atoms with E-state index in [1.165, 1.54) is 4.90 Å². The topological polar surface area (TPSA) is 99.5 Å². The lowest BCUT2D eigenvalue weighted by molar-refractivity contribution is 0.0684. The van der Waals surface area contributed by atoms with Gasteiger partial charge in [-0.2, -0.15) is 0 Å². The van der Waals surface area contributed by atoms with Crippen molar-refractivity contribution in [2.45, 2.75) is 71.8 Å². The molecule has 0 aromatic heterocycles. The van der Waals surface area contributed by atoms with Gasteiger partial charge in [0, 0.05) is 35.5 Å². The molecule has 0 radical (unpaired) electrons. The fourth-order valence-electron chi connectivity index (χ4n) is 5.90. The van der Waals surface area contributed by atoms with Crippen LogP contribution >= 0.6 is 0 Å². The Labute approximate surface area is 254 Å². The molecule has 43 heavy (non-hydrogen) atoms. The quantitative estimate of drug-likeness (QED) is 0.303. The Balaban J connectivity index is 1.77. The molecule has 0 saturated heterocycles. The number of benzene rings is 2. The van der Waals surface area contributed by atoms with Crippen molar-refractivity contribution in [3.8, 4) is 11.5 Å². The Morgan fingerprint density at radius 3 is 2.16 bits per heavy atom. The third-order valence-electron chi connectivity index (χ3n) is 8.16. The summed E-state index contributed by atoms with van der Waals surface area (Å²) in [5.41, 5.74) is 2.60. The summed E-state index contributed by atoms with van der Waals surface area (Å²) in [6.45, 7) is 12.0. The molecule has 2 aromatic rings. The van der Waals surface area contributed by atoms with Crippen LogP contribution in [0, 0.1) is 5.82 Å². The van der Waals surface area contributed by atoms with Crippen LogP contribution in [0.4, 0.5) is 4.39 Å². The van der Waals surface area contributed by atoms with E-state index < -0.39 is 11.4 Å². The van der Waals surface area contributed by atoms with Gasteiger partial charge >= 0.3 is 0 Å². The summed E-state index contributed by atoms with van der Waals surface area (Å²) in [6, 6.07) is 7.07. The van der Waals surface area contributed by atoms with Crippen LogP contribution in [0.25, 0.3) is 5.70 Å². The number of hydrogen-bond acceptors (Lipinski definition) is 7. The molecule has 1 fully saturated rings. The Bertz CT molecular complexity index is 1390. The first-order valence-electron chi connectivity index (χ1n) is 15.3. The molecule has 2 N–H and O–H groups in total. The number of carbonyl (C=O) groups is 2. The Kier molecular flexibility index (Phi) is 9.86. The second-order valence-corrected chi connectivity index (χ2v) is 12.1.